The van der Waals surface area contributed by atoms with Gasteiger partial charge in [-0.2, -0.15) is 0 Å². The van der Waals surface area contributed by atoms with Gasteiger partial charge in [-0.05, 0) is 32.2 Å². The highest BCUT2D eigenvalue weighted by Gasteiger charge is 2.58. The van der Waals surface area contributed by atoms with Crippen molar-refractivity contribution in [2.75, 3.05) is 13.1 Å². The van der Waals surface area contributed by atoms with Gasteiger partial charge in [-0.25, -0.2) is 0 Å². The first-order chi connectivity index (χ1) is 5.33. The van der Waals surface area contributed by atoms with Crippen molar-refractivity contribution in [2.45, 2.75) is 31.7 Å². The third-order valence-corrected chi connectivity index (χ3v) is 3.89. The Balaban J connectivity index is 1.98. The zero-order chi connectivity index (χ0) is 7.47. The highest BCUT2D eigenvalue weighted by Crippen LogP contribution is 2.61. The molecule has 2 saturated heterocycles. The van der Waals surface area contributed by atoms with E-state index in [1.807, 2.05) is 0 Å². The molecule has 1 spiro atoms. The summed E-state index contributed by atoms with van der Waals surface area (Å²) in [5.41, 5.74) is 2.18. The monoisotopic (exact) mass is 149 g/mol. The van der Waals surface area contributed by atoms with Crippen molar-refractivity contribution in [1.29, 1.82) is 0 Å². The summed E-state index contributed by atoms with van der Waals surface area (Å²) in [5, 5.41) is 0. The van der Waals surface area contributed by atoms with Crippen molar-refractivity contribution in [3.8, 4) is 0 Å². The molecular weight excluding hydrogens is 134 g/mol. The molecular formula is C10H15N. The Morgan fingerprint density at radius 2 is 2.27 bits per heavy atom. The van der Waals surface area contributed by atoms with Gasteiger partial charge in [0.1, 0.15) is 0 Å². The smallest absolute Gasteiger partial charge is 0.0199 e. The normalized spacial score (nSPS) is 40.0. The van der Waals surface area contributed by atoms with Crippen LogP contribution in [0.15, 0.2) is 12.2 Å². The Morgan fingerprint density at radius 3 is 3.00 bits per heavy atom. The minimum atomic E-state index is 0.635. The molecule has 0 N–H and O–H groups in total. The highest BCUT2D eigenvalue weighted by molar-refractivity contribution is 5.30. The van der Waals surface area contributed by atoms with Gasteiger partial charge in [-0.1, -0.05) is 12.2 Å². The molecule has 1 nitrogen and oxygen atoms in total. The van der Waals surface area contributed by atoms with Crippen LogP contribution in [0.5, 0.6) is 0 Å². The van der Waals surface area contributed by atoms with Gasteiger partial charge < -0.3 is 0 Å². The van der Waals surface area contributed by atoms with Gasteiger partial charge >= 0.3 is 0 Å². The van der Waals surface area contributed by atoms with Crippen molar-refractivity contribution >= 4 is 0 Å². The van der Waals surface area contributed by atoms with Crippen molar-refractivity contribution in [2.24, 2.45) is 5.41 Å². The van der Waals surface area contributed by atoms with Gasteiger partial charge in [0.2, 0.25) is 0 Å². The minimum Gasteiger partial charge on any atom is -0.296 e. The SMILES string of the molecule is C=C1CN2CCCC2C12CC2. The summed E-state index contributed by atoms with van der Waals surface area (Å²) >= 11 is 0. The predicted octanol–water partition coefficient (Wildman–Crippen LogP) is 1.80. The second-order valence-corrected chi connectivity index (χ2v) is 4.39. The maximum atomic E-state index is 4.21. The molecule has 0 radical (unpaired) electrons. The lowest BCUT2D eigenvalue weighted by Gasteiger charge is -2.18. The Labute approximate surface area is 68.1 Å². The van der Waals surface area contributed by atoms with Crippen LogP contribution in [0.1, 0.15) is 25.7 Å². The lowest BCUT2D eigenvalue weighted by Crippen LogP contribution is -2.26. The lowest BCUT2D eigenvalue weighted by molar-refractivity contribution is 0.282. The van der Waals surface area contributed by atoms with Crippen LogP contribution in [0.4, 0.5) is 0 Å². The van der Waals surface area contributed by atoms with Gasteiger partial charge in [0, 0.05) is 18.0 Å². The lowest BCUT2D eigenvalue weighted by atomic mass is 9.92. The number of hydrogen-bond acceptors (Lipinski definition) is 1. The van der Waals surface area contributed by atoms with E-state index in [0.29, 0.717) is 5.41 Å². The molecule has 0 aromatic carbocycles. The standard InChI is InChI=1S/C10H15N/c1-8-7-11-6-2-3-9(11)10(8)4-5-10/h9H,1-7H2. The Morgan fingerprint density at radius 1 is 1.45 bits per heavy atom. The zero-order valence-electron chi connectivity index (χ0n) is 6.97. The largest absolute Gasteiger partial charge is 0.296 e. The molecule has 0 aromatic heterocycles. The summed E-state index contributed by atoms with van der Waals surface area (Å²) in [6.45, 7) is 6.76. The Bertz CT molecular complexity index is 215. The summed E-state index contributed by atoms with van der Waals surface area (Å²) in [5.74, 6) is 0. The zero-order valence-corrected chi connectivity index (χ0v) is 6.97. The third-order valence-electron chi connectivity index (χ3n) is 3.89. The molecule has 11 heavy (non-hydrogen) atoms. The molecule has 2 heterocycles. The number of hydrogen-bond donors (Lipinski definition) is 0. The molecule has 3 aliphatic rings. The van der Waals surface area contributed by atoms with E-state index >= 15 is 0 Å². The van der Waals surface area contributed by atoms with E-state index in [9.17, 15) is 0 Å². The van der Waals surface area contributed by atoms with Crippen molar-refractivity contribution in [1.82, 2.24) is 4.90 Å². The van der Waals surface area contributed by atoms with Gasteiger partial charge in [0.15, 0.2) is 0 Å². The fourth-order valence-corrected chi connectivity index (χ4v) is 3.10. The van der Waals surface area contributed by atoms with Gasteiger partial charge in [-0.15, -0.1) is 0 Å². The molecule has 0 amide bonds. The second kappa shape index (κ2) is 1.71. The molecule has 1 saturated carbocycles. The Kier molecular flexibility index (Phi) is 0.972. The average molecular weight is 149 g/mol. The number of nitrogens with zero attached hydrogens (tertiary/aromatic N) is 1. The van der Waals surface area contributed by atoms with E-state index in [4.69, 9.17) is 0 Å². The molecule has 0 aromatic rings. The van der Waals surface area contributed by atoms with Gasteiger partial charge in [0.05, 0.1) is 0 Å². The first kappa shape index (κ1) is 6.24. The van der Waals surface area contributed by atoms with Crippen LogP contribution in [0.25, 0.3) is 0 Å². The fraction of sp³-hybridized carbons (Fsp3) is 0.800. The highest BCUT2D eigenvalue weighted by atomic mass is 15.2. The summed E-state index contributed by atoms with van der Waals surface area (Å²) in [4.78, 5) is 2.65. The second-order valence-electron chi connectivity index (χ2n) is 4.39. The fourth-order valence-electron chi connectivity index (χ4n) is 3.10. The van der Waals surface area contributed by atoms with Gasteiger partial charge in [-0.3, -0.25) is 4.90 Å². The van der Waals surface area contributed by atoms with Crippen LogP contribution in [0.3, 0.4) is 0 Å². The number of rotatable bonds is 0. The minimum absolute atomic E-state index is 0.635. The maximum absolute atomic E-state index is 4.21. The van der Waals surface area contributed by atoms with E-state index in [2.05, 4.69) is 11.5 Å². The van der Waals surface area contributed by atoms with Crippen molar-refractivity contribution < 1.29 is 0 Å². The topological polar surface area (TPSA) is 3.24 Å². The van der Waals surface area contributed by atoms with Crippen LogP contribution in [0, 0.1) is 5.41 Å². The van der Waals surface area contributed by atoms with Crippen LogP contribution in [-0.4, -0.2) is 24.0 Å². The predicted molar refractivity (Wildman–Crippen MR) is 45.4 cm³/mol. The summed E-state index contributed by atoms with van der Waals surface area (Å²) in [6.07, 6.45) is 5.75. The number of fused-ring (bicyclic) bond motifs is 2. The molecule has 1 atom stereocenters. The van der Waals surface area contributed by atoms with E-state index in [1.165, 1.54) is 38.8 Å². The van der Waals surface area contributed by atoms with E-state index in [0.717, 1.165) is 6.04 Å². The molecule has 1 heteroatoms. The molecule has 1 aliphatic carbocycles. The average Bonchev–Trinajstić information content (AvgIpc) is 2.61. The Hall–Kier alpha value is -0.300. The van der Waals surface area contributed by atoms with Crippen LogP contribution >= 0.6 is 0 Å². The van der Waals surface area contributed by atoms with Crippen LogP contribution in [0.2, 0.25) is 0 Å². The molecule has 0 bridgehead atoms. The first-order valence-corrected chi connectivity index (χ1v) is 4.75. The summed E-state index contributed by atoms with van der Waals surface area (Å²) in [6, 6.07) is 0.912. The van der Waals surface area contributed by atoms with Crippen molar-refractivity contribution in [3.63, 3.8) is 0 Å². The third kappa shape index (κ3) is 0.610. The van der Waals surface area contributed by atoms with Gasteiger partial charge in [0.25, 0.3) is 0 Å². The van der Waals surface area contributed by atoms with Crippen LogP contribution in [-0.2, 0) is 0 Å². The maximum Gasteiger partial charge on any atom is 0.0199 e. The molecule has 60 valence electrons. The molecule has 2 aliphatic heterocycles. The first-order valence-electron chi connectivity index (χ1n) is 4.75. The van der Waals surface area contributed by atoms with Crippen molar-refractivity contribution in [3.05, 3.63) is 12.2 Å². The van der Waals surface area contributed by atoms with E-state index in [-0.39, 0.29) is 0 Å². The molecule has 3 rings (SSSR count). The quantitative estimate of drug-likeness (QED) is 0.475. The molecule has 3 fully saturated rings. The van der Waals surface area contributed by atoms with E-state index in [1.54, 1.807) is 5.57 Å². The summed E-state index contributed by atoms with van der Waals surface area (Å²) < 4.78 is 0. The van der Waals surface area contributed by atoms with Crippen LogP contribution < -0.4 is 0 Å². The molecule has 1 unspecified atom stereocenters. The summed E-state index contributed by atoms with van der Waals surface area (Å²) in [7, 11) is 0. The van der Waals surface area contributed by atoms with E-state index < -0.39 is 0 Å².